The van der Waals surface area contributed by atoms with Gasteiger partial charge in [0, 0.05) is 13.1 Å². The number of anilines is 1. The summed E-state index contributed by atoms with van der Waals surface area (Å²) in [5.41, 5.74) is 0.806. The second-order valence-corrected chi connectivity index (χ2v) is 6.39. The Kier molecular flexibility index (Phi) is 6.45. The molecular formula is C17H22ClN3OS. The molecule has 0 aliphatic rings. The van der Waals surface area contributed by atoms with Crippen LogP contribution in [0.2, 0.25) is 5.02 Å². The zero-order chi connectivity index (χ0) is 16.8. The average molecular weight is 352 g/mol. The van der Waals surface area contributed by atoms with E-state index in [9.17, 15) is 0 Å². The highest BCUT2D eigenvalue weighted by Gasteiger charge is 2.21. The number of hydrogen-bond donors (Lipinski definition) is 1. The molecule has 1 heterocycles. The van der Waals surface area contributed by atoms with E-state index in [1.807, 2.05) is 50.5 Å². The smallest absolute Gasteiger partial charge is 0.174 e. The highest BCUT2D eigenvalue weighted by atomic mass is 35.5. The van der Waals surface area contributed by atoms with Gasteiger partial charge in [-0.15, -0.1) is 0 Å². The van der Waals surface area contributed by atoms with Gasteiger partial charge in [0.15, 0.2) is 5.11 Å². The van der Waals surface area contributed by atoms with Crippen LogP contribution in [0.15, 0.2) is 47.1 Å². The van der Waals surface area contributed by atoms with Gasteiger partial charge in [-0.05, 0) is 57.5 Å². The van der Waals surface area contributed by atoms with E-state index >= 15 is 0 Å². The summed E-state index contributed by atoms with van der Waals surface area (Å²) in [5.74, 6) is 0.882. The summed E-state index contributed by atoms with van der Waals surface area (Å²) in [4.78, 5) is 4.23. The first kappa shape index (κ1) is 17.8. The maximum Gasteiger partial charge on any atom is 0.174 e. The lowest BCUT2D eigenvalue weighted by molar-refractivity contribution is 0.263. The number of thiocarbonyl (C=S) groups is 1. The second kappa shape index (κ2) is 8.34. The van der Waals surface area contributed by atoms with Crippen molar-refractivity contribution in [1.29, 1.82) is 0 Å². The van der Waals surface area contributed by atoms with Crippen LogP contribution in [0.5, 0.6) is 0 Å². The number of benzene rings is 1. The van der Waals surface area contributed by atoms with Crippen LogP contribution in [0.3, 0.4) is 0 Å². The molecule has 0 spiro atoms. The molecule has 0 bridgehead atoms. The summed E-state index contributed by atoms with van der Waals surface area (Å²) >= 11 is 11.8. The maximum atomic E-state index is 6.21. The topological polar surface area (TPSA) is 31.7 Å². The molecule has 2 rings (SSSR count). The van der Waals surface area contributed by atoms with E-state index in [2.05, 4.69) is 22.0 Å². The molecular weight excluding hydrogens is 330 g/mol. The van der Waals surface area contributed by atoms with Gasteiger partial charge >= 0.3 is 0 Å². The fraction of sp³-hybridized carbons (Fsp3) is 0.353. The molecule has 0 saturated heterocycles. The SMILES string of the molecule is C[C@H](c1ccco1)N(CCN(C)C)C(=S)Nc1ccccc1Cl. The summed E-state index contributed by atoms with van der Waals surface area (Å²) in [6.07, 6.45) is 1.68. The summed E-state index contributed by atoms with van der Waals surface area (Å²) in [7, 11) is 4.08. The molecule has 1 atom stereocenters. The molecule has 1 N–H and O–H groups in total. The van der Waals surface area contributed by atoms with E-state index < -0.39 is 0 Å². The normalized spacial score (nSPS) is 12.2. The fourth-order valence-corrected chi connectivity index (χ4v) is 2.75. The zero-order valence-corrected chi connectivity index (χ0v) is 15.2. The van der Waals surface area contributed by atoms with Gasteiger partial charge < -0.3 is 19.5 Å². The number of nitrogens with zero attached hydrogens (tertiary/aromatic N) is 2. The molecule has 6 heteroatoms. The van der Waals surface area contributed by atoms with Crippen LogP contribution in [-0.2, 0) is 0 Å². The third-order valence-electron chi connectivity index (χ3n) is 3.59. The molecule has 0 saturated carbocycles. The third-order valence-corrected chi connectivity index (χ3v) is 4.25. The standard InChI is InChI=1S/C17H22ClN3OS/c1-13(16-9-6-12-22-16)21(11-10-20(2)3)17(23)19-15-8-5-4-7-14(15)18/h4-9,12-13H,10-11H2,1-3H3,(H,19,23)/t13-/m1/s1. The van der Waals surface area contributed by atoms with E-state index in [4.69, 9.17) is 28.2 Å². The Labute approximate surface area is 148 Å². The van der Waals surface area contributed by atoms with Gasteiger partial charge in [-0.1, -0.05) is 23.7 Å². The van der Waals surface area contributed by atoms with Crippen LogP contribution in [0.1, 0.15) is 18.7 Å². The first-order valence-electron chi connectivity index (χ1n) is 7.49. The largest absolute Gasteiger partial charge is 0.467 e. The average Bonchev–Trinajstić information content (AvgIpc) is 3.03. The van der Waals surface area contributed by atoms with Crippen molar-refractivity contribution >= 4 is 34.6 Å². The molecule has 0 fully saturated rings. The summed E-state index contributed by atoms with van der Waals surface area (Å²) in [6, 6.07) is 11.5. The maximum absolute atomic E-state index is 6.21. The van der Waals surface area contributed by atoms with Gasteiger partial charge in [0.2, 0.25) is 0 Å². The molecule has 0 aliphatic heterocycles. The van der Waals surface area contributed by atoms with Crippen LogP contribution in [0.25, 0.3) is 0 Å². The van der Waals surface area contributed by atoms with E-state index in [0.29, 0.717) is 10.1 Å². The fourth-order valence-electron chi connectivity index (χ4n) is 2.21. The van der Waals surface area contributed by atoms with E-state index in [-0.39, 0.29) is 6.04 Å². The second-order valence-electron chi connectivity index (χ2n) is 5.60. The van der Waals surface area contributed by atoms with Crippen LogP contribution in [-0.4, -0.2) is 42.1 Å². The number of halogens is 1. The Morgan fingerprint density at radius 2 is 1.96 bits per heavy atom. The zero-order valence-electron chi connectivity index (χ0n) is 13.6. The van der Waals surface area contributed by atoms with Crippen molar-refractivity contribution in [2.75, 3.05) is 32.5 Å². The molecule has 1 aromatic heterocycles. The molecule has 2 aromatic rings. The highest BCUT2D eigenvalue weighted by Crippen LogP contribution is 2.24. The first-order valence-corrected chi connectivity index (χ1v) is 8.28. The van der Waals surface area contributed by atoms with E-state index in [1.165, 1.54) is 0 Å². The van der Waals surface area contributed by atoms with Gasteiger partial charge in [-0.2, -0.15) is 0 Å². The minimum atomic E-state index is 0.0347. The molecule has 1 aromatic carbocycles. The van der Waals surface area contributed by atoms with Crippen molar-refractivity contribution in [1.82, 2.24) is 9.80 Å². The van der Waals surface area contributed by atoms with Crippen molar-refractivity contribution in [3.8, 4) is 0 Å². The Morgan fingerprint density at radius 3 is 2.57 bits per heavy atom. The predicted molar refractivity (Wildman–Crippen MR) is 100 cm³/mol. The molecule has 0 amide bonds. The van der Waals surface area contributed by atoms with Crippen LogP contribution >= 0.6 is 23.8 Å². The van der Waals surface area contributed by atoms with Crippen molar-refractivity contribution in [3.05, 3.63) is 53.4 Å². The first-order chi connectivity index (χ1) is 11.0. The lowest BCUT2D eigenvalue weighted by Gasteiger charge is -2.31. The van der Waals surface area contributed by atoms with Gasteiger partial charge in [0.25, 0.3) is 0 Å². The number of furan rings is 1. The summed E-state index contributed by atoms with van der Waals surface area (Å²) in [6.45, 7) is 3.75. The predicted octanol–water partition coefficient (Wildman–Crippen LogP) is 4.25. The minimum Gasteiger partial charge on any atom is -0.467 e. The minimum absolute atomic E-state index is 0.0347. The van der Waals surface area contributed by atoms with Gasteiger partial charge in [-0.3, -0.25) is 0 Å². The Morgan fingerprint density at radius 1 is 1.22 bits per heavy atom. The Bertz CT molecular complexity index is 631. The van der Waals surface area contributed by atoms with Crippen LogP contribution in [0, 0.1) is 0 Å². The number of rotatable bonds is 6. The van der Waals surface area contributed by atoms with Crippen LogP contribution < -0.4 is 5.32 Å². The van der Waals surface area contributed by atoms with Gasteiger partial charge in [0.1, 0.15) is 5.76 Å². The molecule has 4 nitrogen and oxygen atoms in total. The molecule has 124 valence electrons. The number of hydrogen-bond acceptors (Lipinski definition) is 3. The Balaban J connectivity index is 2.15. The molecule has 0 aliphatic carbocycles. The van der Waals surface area contributed by atoms with Gasteiger partial charge in [0.05, 0.1) is 23.0 Å². The lowest BCUT2D eigenvalue weighted by Crippen LogP contribution is -2.40. The van der Waals surface area contributed by atoms with Crippen molar-refractivity contribution in [2.24, 2.45) is 0 Å². The van der Waals surface area contributed by atoms with E-state index in [0.717, 1.165) is 24.5 Å². The number of para-hydroxylation sites is 1. The number of nitrogens with one attached hydrogen (secondary N) is 1. The monoisotopic (exact) mass is 351 g/mol. The lowest BCUT2D eigenvalue weighted by atomic mass is 10.2. The van der Waals surface area contributed by atoms with Crippen molar-refractivity contribution in [3.63, 3.8) is 0 Å². The van der Waals surface area contributed by atoms with Crippen LogP contribution in [0.4, 0.5) is 5.69 Å². The Hall–Kier alpha value is -1.56. The summed E-state index contributed by atoms with van der Waals surface area (Å²) in [5, 5.41) is 4.52. The highest BCUT2D eigenvalue weighted by molar-refractivity contribution is 7.80. The molecule has 0 unspecified atom stereocenters. The van der Waals surface area contributed by atoms with Crippen molar-refractivity contribution in [2.45, 2.75) is 13.0 Å². The molecule has 0 radical (unpaired) electrons. The number of likely N-dealkylation sites (N-methyl/N-ethyl adjacent to an activating group) is 1. The molecule has 23 heavy (non-hydrogen) atoms. The van der Waals surface area contributed by atoms with Gasteiger partial charge in [-0.25, -0.2) is 0 Å². The van der Waals surface area contributed by atoms with E-state index in [1.54, 1.807) is 6.26 Å². The quantitative estimate of drug-likeness (QED) is 0.786. The summed E-state index contributed by atoms with van der Waals surface area (Å²) < 4.78 is 5.54. The van der Waals surface area contributed by atoms with Crippen molar-refractivity contribution < 1.29 is 4.42 Å². The third kappa shape index (κ3) is 4.96.